The summed E-state index contributed by atoms with van der Waals surface area (Å²) in [5.74, 6) is 1.60. The smallest absolute Gasteiger partial charge is 0.251 e. The molecule has 1 unspecified atom stereocenters. The Morgan fingerprint density at radius 3 is 2.57 bits per heavy atom. The summed E-state index contributed by atoms with van der Waals surface area (Å²) >= 11 is 0. The van der Waals surface area contributed by atoms with Crippen molar-refractivity contribution in [2.24, 2.45) is 0 Å². The summed E-state index contributed by atoms with van der Waals surface area (Å²) in [6, 6.07) is 13.2. The van der Waals surface area contributed by atoms with Gasteiger partial charge in [0.05, 0.1) is 18.7 Å². The first-order chi connectivity index (χ1) is 13.7. The Labute approximate surface area is 164 Å². The number of hydrogen-bond acceptors (Lipinski definition) is 5. The van der Waals surface area contributed by atoms with Gasteiger partial charge in [-0.1, -0.05) is 12.1 Å². The number of ether oxygens (including phenoxy) is 1. The minimum absolute atomic E-state index is 0.110. The molecular weight excluding hydrogens is 352 g/mol. The van der Waals surface area contributed by atoms with Crippen LogP contribution in [0.2, 0.25) is 0 Å². The van der Waals surface area contributed by atoms with Crippen molar-refractivity contribution in [2.45, 2.75) is 25.8 Å². The fraction of sp³-hybridized carbons (Fsp3) is 0.318. The van der Waals surface area contributed by atoms with Gasteiger partial charge in [0, 0.05) is 24.0 Å². The molecule has 2 heterocycles. The second kappa shape index (κ2) is 7.84. The third kappa shape index (κ3) is 3.63. The van der Waals surface area contributed by atoms with Crippen LogP contribution in [0.5, 0.6) is 5.75 Å². The third-order valence-corrected chi connectivity index (χ3v) is 5.25. The number of nitrogens with one attached hydrogen (secondary N) is 1. The molecule has 0 spiro atoms. The van der Waals surface area contributed by atoms with Crippen molar-refractivity contribution in [3.8, 4) is 5.75 Å². The summed E-state index contributed by atoms with van der Waals surface area (Å²) in [4.78, 5) is 23.9. The molecule has 1 fully saturated rings. The Morgan fingerprint density at radius 1 is 1.11 bits per heavy atom. The summed E-state index contributed by atoms with van der Waals surface area (Å²) in [6.45, 7) is 3.97. The number of rotatable bonds is 5. The summed E-state index contributed by atoms with van der Waals surface area (Å²) in [6.07, 6.45) is 3.94. The highest BCUT2D eigenvalue weighted by Gasteiger charge is 2.18. The molecule has 0 radical (unpaired) electrons. The van der Waals surface area contributed by atoms with E-state index < -0.39 is 0 Å². The van der Waals surface area contributed by atoms with Gasteiger partial charge in [0.2, 0.25) is 0 Å². The van der Waals surface area contributed by atoms with E-state index in [0.717, 1.165) is 41.1 Å². The van der Waals surface area contributed by atoms with Gasteiger partial charge in [0.1, 0.15) is 17.9 Å². The van der Waals surface area contributed by atoms with Gasteiger partial charge in [-0.2, -0.15) is 0 Å². The van der Waals surface area contributed by atoms with Crippen LogP contribution in [0.25, 0.3) is 10.9 Å². The number of carbonyl (C=O) groups is 1. The number of methoxy groups -OCH3 is 1. The molecule has 1 amide bonds. The Kier molecular flexibility index (Phi) is 5.10. The fourth-order valence-electron chi connectivity index (χ4n) is 3.62. The average molecular weight is 376 g/mol. The van der Waals surface area contributed by atoms with Gasteiger partial charge in [-0.05, 0) is 55.7 Å². The quantitative estimate of drug-likeness (QED) is 0.735. The third-order valence-electron chi connectivity index (χ3n) is 5.25. The number of aromatic nitrogens is 2. The number of benzene rings is 2. The van der Waals surface area contributed by atoms with Crippen molar-refractivity contribution >= 4 is 22.6 Å². The van der Waals surface area contributed by atoms with E-state index in [1.165, 1.54) is 12.8 Å². The number of anilines is 1. The zero-order valence-electron chi connectivity index (χ0n) is 16.2. The number of fused-ring (bicyclic) bond motifs is 1. The largest absolute Gasteiger partial charge is 0.497 e. The Morgan fingerprint density at radius 2 is 1.86 bits per heavy atom. The Balaban J connectivity index is 1.57. The van der Waals surface area contributed by atoms with E-state index in [2.05, 4.69) is 20.2 Å². The van der Waals surface area contributed by atoms with Crippen molar-refractivity contribution in [1.29, 1.82) is 0 Å². The Bertz CT molecular complexity index is 981. The van der Waals surface area contributed by atoms with Crippen molar-refractivity contribution in [3.63, 3.8) is 0 Å². The maximum Gasteiger partial charge on any atom is 0.251 e. The summed E-state index contributed by atoms with van der Waals surface area (Å²) in [5.41, 5.74) is 2.50. The number of carbonyl (C=O) groups excluding carboxylic acids is 1. The predicted molar refractivity (Wildman–Crippen MR) is 110 cm³/mol. The van der Waals surface area contributed by atoms with E-state index in [1.54, 1.807) is 13.4 Å². The molecule has 1 N–H and O–H groups in total. The molecular formula is C22H24N4O2. The molecule has 1 aromatic heterocycles. The predicted octanol–water partition coefficient (Wildman–Crippen LogP) is 3.73. The molecule has 28 heavy (non-hydrogen) atoms. The topological polar surface area (TPSA) is 67.3 Å². The maximum absolute atomic E-state index is 12.8. The van der Waals surface area contributed by atoms with E-state index in [-0.39, 0.29) is 11.9 Å². The van der Waals surface area contributed by atoms with E-state index in [1.807, 2.05) is 49.4 Å². The molecule has 1 aliphatic heterocycles. The molecule has 1 aliphatic rings. The van der Waals surface area contributed by atoms with E-state index in [9.17, 15) is 4.79 Å². The lowest BCUT2D eigenvalue weighted by Crippen LogP contribution is -2.26. The maximum atomic E-state index is 12.8. The van der Waals surface area contributed by atoms with Crippen LogP contribution in [0, 0.1) is 0 Å². The van der Waals surface area contributed by atoms with Crippen LogP contribution in [0.1, 0.15) is 41.7 Å². The fourth-order valence-corrected chi connectivity index (χ4v) is 3.62. The molecule has 4 rings (SSSR count). The van der Waals surface area contributed by atoms with Crippen LogP contribution in [0.4, 0.5) is 5.82 Å². The minimum Gasteiger partial charge on any atom is -0.497 e. The highest BCUT2D eigenvalue weighted by molar-refractivity contribution is 6.00. The first kappa shape index (κ1) is 18.2. The number of hydrogen-bond donors (Lipinski definition) is 1. The van der Waals surface area contributed by atoms with Gasteiger partial charge < -0.3 is 15.0 Å². The SMILES string of the molecule is COc1ccc(C(C)NC(=O)c2ccc3ncnc(N4CCCC4)c3c2)cc1. The molecule has 6 heteroatoms. The van der Waals surface area contributed by atoms with E-state index in [0.29, 0.717) is 5.56 Å². The lowest BCUT2D eigenvalue weighted by Gasteiger charge is -2.18. The van der Waals surface area contributed by atoms with Crippen molar-refractivity contribution in [1.82, 2.24) is 15.3 Å². The second-order valence-electron chi connectivity index (χ2n) is 7.09. The van der Waals surface area contributed by atoms with Gasteiger partial charge in [0.15, 0.2) is 0 Å². The summed E-state index contributed by atoms with van der Waals surface area (Å²) < 4.78 is 5.19. The van der Waals surface area contributed by atoms with Crippen LogP contribution in [0.15, 0.2) is 48.8 Å². The van der Waals surface area contributed by atoms with Crippen LogP contribution < -0.4 is 15.0 Å². The molecule has 144 valence electrons. The highest BCUT2D eigenvalue weighted by Crippen LogP contribution is 2.27. The average Bonchev–Trinajstić information content (AvgIpc) is 3.27. The number of nitrogens with zero attached hydrogens (tertiary/aromatic N) is 3. The summed E-state index contributed by atoms with van der Waals surface area (Å²) in [7, 11) is 1.64. The van der Waals surface area contributed by atoms with E-state index >= 15 is 0 Å². The van der Waals surface area contributed by atoms with Crippen LogP contribution in [0.3, 0.4) is 0 Å². The molecule has 2 aromatic carbocycles. The molecule has 1 atom stereocenters. The lowest BCUT2D eigenvalue weighted by atomic mass is 10.1. The molecule has 3 aromatic rings. The summed E-state index contributed by atoms with van der Waals surface area (Å²) in [5, 5.41) is 3.99. The van der Waals surface area contributed by atoms with Gasteiger partial charge in [-0.15, -0.1) is 0 Å². The zero-order valence-corrected chi connectivity index (χ0v) is 16.2. The van der Waals surface area contributed by atoms with Crippen molar-refractivity contribution < 1.29 is 9.53 Å². The molecule has 0 aliphatic carbocycles. The minimum atomic E-state index is -0.112. The van der Waals surface area contributed by atoms with Crippen molar-refractivity contribution in [2.75, 3.05) is 25.1 Å². The van der Waals surface area contributed by atoms with Crippen molar-refractivity contribution in [3.05, 3.63) is 59.9 Å². The Hall–Kier alpha value is -3.15. The monoisotopic (exact) mass is 376 g/mol. The van der Waals surface area contributed by atoms with Gasteiger partial charge in [-0.3, -0.25) is 4.79 Å². The molecule has 1 saturated heterocycles. The van der Waals surface area contributed by atoms with Crippen LogP contribution in [-0.4, -0.2) is 36.1 Å². The van der Waals surface area contributed by atoms with Gasteiger partial charge >= 0.3 is 0 Å². The molecule has 0 bridgehead atoms. The van der Waals surface area contributed by atoms with E-state index in [4.69, 9.17) is 4.74 Å². The second-order valence-corrected chi connectivity index (χ2v) is 7.09. The van der Waals surface area contributed by atoms with Crippen LogP contribution >= 0.6 is 0 Å². The first-order valence-electron chi connectivity index (χ1n) is 9.60. The number of amides is 1. The molecule has 6 nitrogen and oxygen atoms in total. The van der Waals surface area contributed by atoms with Gasteiger partial charge in [-0.25, -0.2) is 9.97 Å². The van der Waals surface area contributed by atoms with Gasteiger partial charge in [0.25, 0.3) is 5.91 Å². The van der Waals surface area contributed by atoms with Crippen LogP contribution in [-0.2, 0) is 0 Å². The molecule has 0 saturated carbocycles. The zero-order chi connectivity index (χ0) is 19.5. The first-order valence-corrected chi connectivity index (χ1v) is 9.60. The lowest BCUT2D eigenvalue weighted by molar-refractivity contribution is 0.0940. The normalized spacial score (nSPS) is 14.9. The standard InChI is InChI=1S/C22H24N4O2/c1-15(16-5-8-18(28-2)9-6-16)25-22(27)17-7-10-20-19(13-17)21(24-14-23-20)26-11-3-4-12-26/h5-10,13-15H,3-4,11-12H2,1-2H3,(H,25,27). The highest BCUT2D eigenvalue weighted by atomic mass is 16.5.